The number of rotatable bonds is 8. The van der Waals surface area contributed by atoms with Crippen LogP contribution in [0.2, 0.25) is 0 Å². The summed E-state index contributed by atoms with van der Waals surface area (Å²) >= 11 is 0. The van der Waals surface area contributed by atoms with E-state index in [0.29, 0.717) is 17.2 Å². The molecule has 0 spiro atoms. The van der Waals surface area contributed by atoms with Crippen molar-refractivity contribution in [2.75, 3.05) is 24.8 Å². The SMILES string of the molecule is COc1cccc(N([C@@H](C)C(=O)N[C@H](C)c2ccccc2OC)S(C)(=O)=O)c1. The van der Waals surface area contributed by atoms with Crippen LogP contribution in [0.4, 0.5) is 5.69 Å². The Morgan fingerprint density at radius 3 is 2.32 bits per heavy atom. The van der Waals surface area contributed by atoms with Gasteiger partial charge in [-0.3, -0.25) is 9.10 Å². The Balaban J connectivity index is 2.29. The number of sulfonamides is 1. The fourth-order valence-electron chi connectivity index (χ4n) is 2.99. The van der Waals surface area contributed by atoms with E-state index in [1.54, 1.807) is 44.4 Å². The number of nitrogens with one attached hydrogen (secondary N) is 1. The molecule has 0 bridgehead atoms. The van der Waals surface area contributed by atoms with Crippen molar-refractivity contribution < 1.29 is 22.7 Å². The zero-order chi connectivity index (χ0) is 20.9. The van der Waals surface area contributed by atoms with Crippen LogP contribution < -0.4 is 19.1 Å². The molecule has 0 unspecified atom stereocenters. The van der Waals surface area contributed by atoms with Crippen molar-refractivity contribution in [2.45, 2.75) is 25.9 Å². The predicted molar refractivity (Wildman–Crippen MR) is 109 cm³/mol. The quantitative estimate of drug-likeness (QED) is 0.729. The van der Waals surface area contributed by atoms with Gasteiger partial charge >= 0.3 is 0 Å². The van der Waals surface area contributed by atoms with Crippen molar-refractivity contribution in [2.24, 2.45) is 0 Å². The van der Waals surface area contributed by atoms with E-state index in [-0.39, 0.29) is 6.04 Å². The summed E-state index contributed by atoms with van der Waals surface area (Å²) in [6.07, 6.45) is 1.07. The van der Waals surface area contributed by atoms with E-state index >= 15 is 0 Å². The summed E-state index contributed by atoms with van der Waals surface area (Å²) in [4.78, 5) is 12.9. The Morgan fingerprint density at radius 1 is 1.04 bits per heavy atom. The van der Waals surface area contributed by atoms with Crippen molar-refractivity contribution >= 4 is 21.6 Å². The third kappa shape index (κ3) is 4.95. The standard InChI is InChI=1S/C20H26N2O5S/c1-14(18-11-6-7-12-19(18)27-4)21-20(23)15(2)22(28(5,24)25)16-9-8-10-17(13-16)26-3/h6-15H,1-5H3,(H,21,23)/t14-,15+/m1/s1. The van der Waals surface area contributed by atoms with Crippen molar-refractivity contribution in [1.82, 2.24) is 5.32 Å². The minimum atomic E-state index is -3.71. The first kappa shape index (κ1) is 21.6. The highest BCUT2D eigenvalue weighted by Crippen LogP contribution is 2.27. The van der Waals surface area contributed by atoms with Gasteiger partial charge in [0.15, 0.2) is 0 Å². The monoisotopic (exact) mass is 406 g/mol. The molecule has 2 aromatic carbocycles. The molecule has 2 atom stereocenters. The van der Waals surface area contributed by atoms with Gasteiger partial charge < -0.3 is 14.8 Å². The molecule has 2 rings (SSSR count). The number of carbonyl (C=O) groups excluding carboxylic acids is 1. The molecule has 0 saturated heterocycles. The summed E-state index contributed by atoms with van der Waals surface area (Å²) in [5.74, 6) is 0.725. The first-order valence-corrected chi connectivity index (χ1v) is 10.6. The maximum Gasteiger partial charge on any atom is 0.244 e. The molecule has 8 heteroatoms. The van der Waals surface area contributed by atoms with Crippen molar-refractivity contribution in [3.05, 3.63) is 54.1 Å². The van der Waals surface area contributed by atoms with Crippen molar-refractivity contribution in [3.63, 3.8) is 0 Å². The summed E-state index contributed by atoms with van der Waals surface area (Å²) in [6, 6.07) is 12.6. The second kappa shape index (κ2) is 8.97. The number of benzene rings is 2. The van der Waals surface area contributed by atoms with E-state index < -0.39 is 22.0 Å². The first-order valence-electron chi connectivity index (χ1n) is 8.75. The third-order valence-electron chi connectivity index (χ3n) is 4.36. The van der Waals surface area contributed by atoms with Crippen LogP contribution in [0.1, 0.15) is 25.5 Å². The summed E-state index contributed by atoms with van der Waals surface area (Å²) in [6.45, 7) is 3.36. The number of methoxy groups -OCH3 is 2. The molecular formula is C20H26N2O5S. The molecule has 2 aromatic rings. The topological polar surface area (TPSA) is 84.9 Å². The van der Waals surface area contributed by atoms with Gasteiger partial charge in [0.2, 0.25) is 15.9 Å². The summed E-state index contributed by atoms with van der Waals surface area (Å²) in [7, 11) is -0.653. The van der Waals surface area contributed by atoms with E-state index in [2.05, 4.69) is 5.32 Å². The first-order chi connectivity index (χ1) is 13.2. The Bertz CT molecular complexity index is 930. The van der Waals surface area contributed by atoms with Crippen LogP contribution in [0.3, 0.4) is 0 Å². The third-order valence-corrected chi connectivity index (χ3v) is 5.60. The van der Waals surface area contributed by atoms with Gasteiger partial charge in [-0.05, 0) is 32.0 Å². The maximum absolute atomic E-state index is 12.9. The molecule has 0 aliphatic carbocycles. The molecular weight excluding hydrogens is 380 g/mol. The highest BCUT2D eigenvalue weighted by molar-refractivity contribution is 7.92. The Kier molecular flexibility index (Phi) is 6.90. The molecule has 0 heterocycles. The van der Waals surface area contributed by atoms with E-state index in [1.807, 2.05) is 25.1 Å². The van der Waals surface area contributed by atoms with Crippen LogP contribution >= 0.6 is 0 Å². The number of hydrogen-bond donors (Lipinski definition) is 1. The molecule has 1 N–H and O–H groups in total. The van der Waals surface area contributed by atoms with Gasteiger partial charge in [-0.15, -0.1) is 0 Å². The van der Waals surface area contributed by atoms with Gasteiger partial charge in [-0.2, -0.15) is 0 Å². The molecule has 0 fully saturated rings. The zero-order valence-electron chi connectivity index (χ0n) is 16.7. The van der Waals surface area contributed by atoms with Gasteiger partial charge in [0.1, 0.15) is 17.5 Å². The Morgan fingerprint density at radius 2 is 1.71 bits per heavy atom. The molecule has 1 amide bonds. The lowest BCUT2D eigenvalue weighted by Gasteiger charge is -2.29. The Hall–Kier alpha value is -2.74. The second-order valence-electron chi connectivity index (χ2n) is 6.41. The van der Waals surface area contributed by atoms with Crippen LogP contribution in [0, 0.1) is 0 Å². The number of para-hydroxylation sites is 1. The van der Waals surface area contributed by atoms with E-state index in [0.717, 1.165) is 16.1 Å². The van der Waals surface area contributed by atoms with Gasteiger partial charge in [-0.25, -0.2) is 8.42 Å². The van der Waals surface area contributed by atoms with Gasteiger partial charge in [-0.1, -0.05) is 24.3 Å². The highest BCUT2D eigenvalue weighted by atomic mass is 32.2. The lowest BCUT2D eigenvalue weighted by atomic mass is 10.1. The number of nitrogens with zero attached hydrogens (tertiary/aromatic N) is 1. The fourth-order valence-corrected chi connectivity index (χ4v) is 4.16. The van der Waals surface area contributed by atoms with Crippen molar-refractivity contribution in [1.29, 1.82) is 0 Å². The molecule has 152 valence electrons. The highest BCUT2D eigenvalue weighted by Gasteiger charge is 2.30. The lowest BCUT2D eigenvalue weighted by Crippen LogP contribution is -2.48. The van der Waals surface area contributed by atoms with Crippen LogP contribution in [-0.4, -0.2) is 40.8 Å². The van der Waals surface area contributed by atoms with E-state index in [4.69, 9.17) is 9.47 Å². The smallest absolute Gasteiger partial charge is 0.244 e. The van der Waals surface area contributed by atoms with E-state index in [1.165, 1.54) is 7.11 Å². The molecule has 0 radical (unpaired) electrons. The number of anilines is 1. The molecule has 0 saturated carbocycles. The van der Waals surface area contributed by atoms with E-state index in [9.17, 15) is 13.2 Å². The largest absolute Gasteiger partial charge is 0.497 e. The second-order valence-corrected chi connectivity index (χ2v) is 8.27. The fraction of sp³-hybridized carbons (Fsp3) is 0.350. The van der Waals surface area contributed by atoms with Gasteiger partial charge in [0, 0.05) is 11.6 Å². The number of hydrogen-bond acceptors (Lipinski definition) is 5. The number of amides is 1. The minimum Gasteiger partial charge on any atom is -0.497 e. The lowest BCUT2D eigenvalue weighted by molar-refractivity contribution is -0.122. The molecule has 0 aromatic heterocycles. The summed E-state index contributed by atoms with van der Waals surface area (Å²) < 4.78 is 36.4. The van der Waals surface area contributed by atoms with Gasteiger partial charge in [0.25, 0.3) is 0 Å². The average Bonchev–Trinajstić information content (AvgIpc) is 2.66. The van der Waals surface area contributed by atoms with Crippen LogP contribution in [0.15, 0.2) is 48.5 Å². The predicted octanol–water partition coefficient (Wildman–Crippen LogP) is 2.74. The zero-order valence-corrected chi connectivity index (χ0v) is 17.5. The molecule has 7 nitrogen and oxygen atoms in total. The van der Waals surface area contributed by atoms with Crippen molar-refractivity contribution in [3.8, 4) is 11.5 Å². The molecule has 0 aliphatic rings. The molecule has 0 aliphatic heterocycles. The van der Waals surface area contributed by atoms with Crippen LogP contribution in [0.5, 0.6) is 11.5 Å². The normalized spacial score (nSPS) is 13.3. The van der Waals surface area contributed by atoms with Crippen LogP contribution in [0.25, 0.3) is 0 Å². The minimum absolute atomic E-state index is 0.356. The summed E-state index contributed by atoms with van der Waals surface area (Å²) in [5, 5.41) is 2.87. The molecule has 28 heavy (non-hydrogen) atoms. The average molecular weight is 407 g/mol. The van der Waals surface area contributed by atoms with Crippen LogP contribution in [-0.2, 0) is 14.8 Å². The summed E-state index contributed by atoms with van der Waals surface area (Å²) in [5.41, 5.74) is 1.16. The number of carbonyl (C=O) groups is 1. The number of ether oxygens (including phenoxy) is 2. The maximum atomic E-state index is 12.9. The Labute approximate surface area is 166 Å². The van der Waals surface area contributed by atoms with Gasteiger partial charge in [0.05, 0.1) is 32.2 Å².